The summed E-state index contributed by atoms with van der Waals surface area (Å²) in [4.78, 5) is 11.9. The van der Waals surface area contributed by atoms with E-state index in [1.807, 2.05) is 0 Å². The highest BCUT2D eigenvalue weighted by atomic mass is 16.5. The van der Waals surface area contributed by atoms with Crippen LogP contribution in [0.5, 0.6) is 0 Å². The number of nitrogens with one attached hydrogen (secondary N) is 2. The first kappa shape index (κ1) is 14.0. The van der Waals surface area contributed by atoms with Crippen LogP contribution in [0.4, 0.5) is 0 Å². The number of hydrogen-bond acceptors (Lipinski definition) is 3. The van der Waals surface area contributed by atoms with Gasteiger partial charge in [-0.25, -0.2) is 0 Å². The van der Waals surface area contributed by atoms with Gasteiger partial charge in [-0.3, -0.25) is 4.79 Å². The third kappa shape index (κ3) is 5.22. The number of amides is 1. The van der Waals surface area contributed by atoms with Crippen LogP contribution in [0.3, 0.4) is 0 Å². The Morgan fingerprint density at radius 3 is 3.18 bits per heavy atom. The maximum atomic E-state index is 11.9. The predicted octanol–water partition coefficient (Wildman–Crippen LogP) is 1.43. The van der Waals surface area contributed by atoms with E-state index in [-0.39, 0.29) is 11.9 Å². The van der Waals surface area contributed by atoms with E-state index in [0.717, 1.165) is 19.4 Å². The van der Waals surface area contributed by atoms with Crippen LogP contribution in [0.1, 0.15) is 32.6 Å². The van der Waals surface area contributed by atoms with Crippen molar-refractivity contribution in [3.63, 3.8) is 0 Å². The fraction of sp³-hybridized carbons (Fsp3) is 0.769. The van der Waals surface area contributed by atoms with E-state index in [2.05, 4.69) is 24.1 Å². The summed E-state index contributed by atoms with van der Waals surface area (Å²) in [5, 5.41) is 6.22. The molecule has 1 amide bonds. The standard InChI is InChI=1S/C13H24N2O2/c1-3-11-6-8-14-12(10-11)13(16)15-7-5-9-17-4-2/h4,11-12,14H,2-3,5-10H2,1H3,(H,15,16). The number of carbonyl (C=O) groups is 1. The van der Waals surface area contributed by atoms with Gasteiger partial charge < -0.3 is 15.4 Å². The third-order valence-electron chi connectivity index (χ3n) is 3.26. The molecule has 0 saturated carbocycles. The van der Waals surface area contributed by atoms with E-state index in [1.54, 1.807) is 0 Å². The Balaban J connectivity index is 2.15. The number of piperidine rings is 1. The predicted molar refractivity (Wildman–Crippen MR) is 68.6 cm³/mol. The maximum absolute atomic E-state index is 11.9. The monoisotopic (exact) mass is 240 g/mol. The molecule has 0 radical (unpaired) electrons. The van der Waals surface area contributed by atoms with Crippen molar-refractivity contribution in [2.24, 2.45) is 5.92 Å². The second kappa shape index (κ2) is 8.12. The highest BCUT2D eigenvalue weighted by Crippen LogP contribution is 2.19. The zero-order valence-corrected chi connectivity index (χ0v) is 10.7. The zero-order chi connectivity index (χ0) is 12.5. The van der Waals surface area contributed by atoms with Crippen LogP contribution in [0.2, 0.25) is 0 Å². The number of carbonyl (C=O) groups excluding carboxylic acids is 1. The highest BCUT2D eigenvalue weighted by Gasteiger charge is 2.25. The minimum absolute atomic E-state index is 0.00553. The van der Waals surface area contributed by atoms with Crippen LogP contribution in [0, 0.1) is 5.92 Å². The summed E-state index contributed by atoms with van der Waals surface area (Å²) in [6.07, 6.45) is 5.57. The average Bonchev–Trinajstić information content (AvgIpc) is 2.38. The van der Waals surface area contributed by atoms with Crippen LogP contribution in [0.15, 0.2) is 12.8 Å². The van der Waals surface area contributed by atoms with Gasteiger partial charge in [-0.15, -0.1) is 0 Å². The normalized spacial score (nSPS) is 24.1. The topological polar surface area (TPSA) is 50.4 Å². The van der Waals surface area contributed by atoms with Gasteiger partial charge in [-0.2, -0.15) is 0 Å². The lowest BCUT2D eigenvalue weighted by molar-refractivity contribution is -0.124. The smallest absolute Gasteiger partial charge is 0.237 e. The Bertz CT molecular complexity index is 244. The molecule has 4 nitrogen and oxygen atoms in total. The van der Waals surface area contributed by atoms with Gasteiger partial charge in [0, 0.05) is 6.54 Å². The van der Waals surface area contributed by atoms with Crippen molar-refractivity contribution in [3.05, 3.63) is 12.8 Å². The van der Waals surface area contributed by atoms with Gasteiger partial charge in [-0.1, -0.05) is 19.9 Å². The van der Waals surface area contributed by atoms with Crippen LogP contribution >= 0.6 is 0 Å². The summed E-state index contributed by atoms with van der Waals surface area (Å²) >= 11 is 0. The molecule has 98 valence electrons. The fourth-order valence-electron chi connectivity index (χ4n) is 2.14. The number of ether oxygens (including phenoxy) is 1. The Kier molecular flexibility index (Phi) is 6.70. The lowest BCUT2D eigenvalue weighted by Gasteiger charge is -2.28. The molecule has 1 heterocycles. The van der Waals surface area contributed by atoms with E-state index in [9.17, 15) is 4.79 Å². The van der Waals surface area contributed by atoms with Crippen molar-refractivity contribution in [1.82, 2.24) is 10.6 Å². The fourth-order valence-corrected chi connectivity index (χ4v) is 2.14. The zero-order valence-electron chi connectivity index (χ0n) is 10.7. The van der Waals surface area contributed by atoms with Crippen molar-refractivity contribution in [2.45, 2.75) is 38.6 Å². The molecule has 1 aliphatic heterocycles. The molecular formula is C13H24N2O2. The Labute approximate surface area is 104 Å². The molecule has 0 spiro atoms. The molecule has 0 bridgehead atoms. The van der Waals surface area contributed by atoms with E-state index < -0.39 is 0 Å². The van der Waals surface area contributed by atoms with Gasteiger partial charge in [0.05, 0.1) is 18.9 Å². The lowest BCUT2D eigenvalue weighted by atomic mass is 9.90. The second-order valence-corrected chi connectivity index (χ2v) is 4.49. The number of rotatable bonds is 7. The number of hydrogen-bond donors (Lipinski definition) is 2. The van der Waals surface area contributed by atoms with Crippen molar-refractivity contribution in [2.75, 3.05) is 19.7 Å². The second-order valence-electron chi connectivity index (χ2n) is 4.49. The average molecular weight is 240 g/mol. The van der Waals surface area contributed by atoms with Crippen molar-refractivity contribution in [1.29, 1.82) is 0 Å². The van der Waals surface area contributed by atoms with Crippen molar-refractivity contribution in [3.8, 4) is 0 Å². The first-order chi connectivity index (χ1) is 8.27. The first-order valence-corrected chi connectivity index (χ1v) is 6.51. The van der Waals surface area contributed by atoms with Gasteiger partial charge >= 0.3 is 0 Å². The molecule has 2 N–H and O–H groups in total. The SMILES string of the molecule is C=COCCCNC(=O)C1CC(CC)CCN1. The quantitative estimate of drug-likeness (QED) is 0.523. The van der Waals surface area contributed by atoms with E-state index in [0.29, 0.717) is 19.1 Å². The molecule has 0 aliphatic carbocycles. The van der Waals surface area contributed by atoms with Crippen LogP contribution in [-0.2, 0) is 9.53 Å². The Morgan fingerprint density at radius 2 is 2.47 bits per heavy atom. The molecule has 1 saturated heterocycles. The third-order valence-corrected chi connectivity index (χ3v) is 3.26. The minimum Gasteiger partial charge on any atom is -0.502 e. The van der Waals surface area contributed by atoms with Crippen LogP contribution < -0.4 is 10.6 Å². The maximum Gasteiger partial charge on any atom is 0.237 e. The lowest BCUT2D eigenvalue weighted by Crippen LogP contribution is -2.48. The summed E-state index contributed by atoms with van der Waals surface area (Å²) in [6.45, 7) is 7.89. The largest absolute Gasteiger partial charge is 0.502 e. The van der Waals surface area contributed by atoms with Crippen LogP contribution in [-0.4, -0.2) is 31.6 Å². The molecule has 2 atom stereocenters. The molecule has 2 unspecified atom stereocenters. The molecule has 4 heteroatoms. The summed E-state index contributed by atoms with van der Waals surface area (Å²) < 4.78 is 4.99. The van der Waals surface area contributed by atoms with Gasteiger partial charge in [0.25, 0.3) is 0 Å². The molecule has 17 heavy (non-hydrogen) atoms. The Hall–Kier alpha value is -1.03. The van der Waals surface area contributed by atoms with Gasteiger partial charge in [0.15, 0.2) is 0 Å². The first-order valence-electron chi connectivity index (χ1n) is 6.51. The molecular weight excluding hydrogens is 216 g/mol. The molecule has 1 rings (SSSR count). The summed E-state index contributed by atoms with van der Waals surface area (Å²) in [5.74, 6) is 0.817. The molecule has 0 aromatic rings. The summed E-state index contributed by atoms with van der Waals surface area (Å²) in [6, 6.07) is -0.00553. The summed E-state index contributed by atoms with van der Waals surface area (Å²) in [5.41, 5.74) is 0. The minimum atomic E-state index is -0.00553. The molecule has 0 aromatic heterocycles. The van der Waals surface area contributed by atoms with E-state index in [1.165, 1.54) is 19.1 Å². The van der Waals surface area contributed by atoms with Crippen molar-refractivity contribution >= 4 is 5.91 Å². The van der Waals surface area contributed by atoms with Gasteiger partial charge in [-0.05, 0) is 31.7 Å². The molecule has 0 aromatic carbocycles. The highest BCUT2D eigenvalue weighted by molar-refractivity contribution is 5.81. The van der Waals surface area contributed by atoms with Gasteiger partial charge in [0.2, 0.25) is 5.91 Å². The Morgan fingerprint density at radius 1 is 1.65 bits per heavy atom. The van der Waals surface area contributed by atoms with E-state index >= 15 is 0 Å². The summed E-state index contributed by atoms with van der Waals surface area (Å²) in [7, 11) is 0. The van der Waals surface area contributed by atoms with Crippen LogP contribution in [0.25, 0.3) is 0 Å². The molecule has 1 fully saturated rings. The molecule has 1 aliphatic rings. The van der Waals surface area contributed by atoms with E-state index in [4.69, 9.17) is 4.74 Å². The van der Waals surface area contributed by atoms with Gasteiger partial charge in [0.1, 0.15) is 0 Å². The van der Waals surface area contributed by atoms with Crippen molar-refractivity contribution < 1.29 is 9.53 Å².